The van der Waals surface area contributed by atoms with Crippen LogP contribution in [0.1, 0.15) is 46.7 Å². The molecular weight excluding hydrogens is 372 g/mol. The average Bonchev–Trinajstić information content (AvgIpc) is 3.09. The van der Waals surface area contributed by atoms with Crippen molar-refractivity contribution in [1.82, 2.24) is 15.2 Å². The van der Waals surface area contributed by atoms with Crippen LogP contribution in [-0.2, 0) is 11.2 Å². The number of rotatable bonds is 5. The third-order valence-electron chi connectivity index (χ3n) is 4.49. The zero-order valence-corrected chi connectivity index (χ0v) is 15.8. The van der Waals surface area contributed by atoms with Crippen molar-refractivity contribution in [3.63, 3.8) is 0 Å². The van der Waals surface area contributed by atoms with Crippen molar-refractivity contribution in [1.29, 1.82) is 0 Å². The molecule has 0 aliphatic carbocycles. The Balaban J connectivity index is 1.64. The third kappa shape index (κ3) is 5.09. The second-order valence-electron chi connectivity index (χ2n) is 6.66. The van der Waals surface area contributed by atoms with Gasteiger partial charge in [0.15, 0.2) is 0 Å². The maximum absolute atomic E-state index is 13.4. The monoisotopic (exact) mass is 393 g/mol. The molecule has 0 unspecified atom stereocenters. The van der Waals surface area contributed by atoms with E-state index in [9.17, 15) is 18.4 Å². The molecule has 144 valence electrons. The maximum Gasteiger partial charge on any atom is 0.254 e. The number of thiazole rings is 1. The molecule has 1 saturated heterocycles. The minimum atomic E-state index is -0.754. The van der Waals surface area contributed by atoms with Crippen molar-refractivity contribution in [2.75, 3.05) is 19.6 Å². The fourth-order valence-electron chi connectivity index (χ4n) is 3.21. The van der Waals surface area contributed by atoms with Crippen LogP contribution in [0.25, 0.3) is 0 Å². The quantitative estimate of drug-likeness (QED) is 0.849. The zero-order valence-electron chi connectivity index (χ0n) is 15.0. The van der Waals surface area contributed by atoms with Crippen LogP contribution in [0.15, 0.2) is 23.6 Å². The van der Waals surface area contributed by atoms with Gasteiger partial charge in [0.2, 0.25) is 5.91 Å². The largest absolute Gasteiger partial charge is 0.356 e. The van der Waals surface area contributed by atoms with Gasteiger partial charge in [-0.1, -0.05) is 0 Å². The molecule has 5 nitrogen and oxygen atoms in total. The second kappa shape index (κ2) is 8.56. The predicted molar refractivity (Wildman–Crippen MR) is 98.7 cm³/mol. The fraction of sp³-hybridized carbons (Fsp3) is 0.421. The molecule has 1 aromatic heterocycles. The predicted octanol–water partition coefficient (Wildman–Crippen LogP) is 3.12. The summed E-state index contributed by atoms with van der Waals surface area (Å²) >= 11 is 1.55. The van der Waals surface area contributed by atoms with E-state index in [1.165, 1.54) is 6.92 Å². The van der Waals surface area contributed by atoms with Gasteiger partial charge in [0, 0.05) is 55.9 Å². The topological polar surface area (TPSA) is 62.3 Å². The molecule has 27 heavy (non-hydrogen) atoms. The first-order valence-electron chi connectivity index (χ1n) is 8.86. The van der Waals surface area contributed by atoms with Crippen LogP contribution in [-0.4, -0.2) is 41.3 Å². The van der Waals surface area contributed by atoms with Gasteiger partial charge >= 0.3 is 0 Å². The van der Waals surface area contributed by atoms with Gasteiger partial charge in [0.25, 0.3) is 5.91 Å². The highest BCUT2D eigenvalue weighted by Gasteiger charge is 2.27. The number of halogens is 2. The minimum absolute atomic E-state index is 0.0308. The highest BCUT2D eigenvalue weighted by atomic mass is 32.1. The lowest BCUT2D eigenvalue weighted by Gasteiger charge is -2.32. The lowest BCUT2D eigenvalue weighted by atomic mass is 9.98. The molecule has 2 heterocycles. The average molecular weight is 393 g/mol. The summed E-state index contributed by atoms with van der Waals surface area (Å²) in [5.74, 6) is -1.83. The van der Waals surface area contributed by atoms with E-state index in [-0.39, 0.29) is 23.3 Å². The fourth-order valence-corrected chi connectivity index (χ4v) is 4.20. The normalized spacial score (nSPS) is 17.0. The summed E-state index contributed by atoms with van der Waals surface area (Å²) in [4.78, 5) is 29.8. The van der Waals surface area contributed by atoms with Gasteiger partial charge in [-0.2, -0.15) is 0 Å². The number of hydrogen-bond donors (Lipinski definition) is 1. The van der Waals surface area contributed by atoms with Gasteiger partial charge in [0.1, 0.15) is 11.6 Å². The molecule has 0 saturated carbocycles. The first kappa shape index (κ1) is 19.4. The van der Waals surface area contributed by atoms with E-state index in [1.807, 2.05) is 5.38 Å². The van der Waals surface area contributed by atoms with E-state index in [1.54, 1.807) is 16.2 Å². The van der Waals surface area contributed by atoms with Crippen LogP contribution in [0.2, 0.25) is 0 Å². The number of carbonyl (C=O) groups is 2. The molecule has 1 N–H and O–H groups in total. The molecule has 2 aromatic rings. The summed E-state index contributed by atoms with van der Waals surface area (Å²) in [5.41, 5.74) is 0.947. The van der Waals surface area contributed by atoms with Gasteiger partial charge in [-0.25, -0.2) is 13.8 Å². The molecule has 8 heteroatoms. The van der Waals surface area contributed by atoms with Crippen LogP contribution in [0.5, 0.6) is 0 Å². The molecule has 1 aliphatic rings. The molecule has 3 rings (SSSR count). The second-order valence-corrected chi connectivity index (χ2v) is 7.55. The number of nitrogens with one attached hydrogen (secondary N) is 1. The first-order valence-corrected chi connectivity index (χ1v) is 9.74. The van der Waals surface area contributed by atoms with Crippen molar-refractivity contribution in [2.24, 2.45) is 0 Å². The Bertz CT molecular complexity index is 820. The first-order chi connectivity index (χ1) is 12.9. The Labute approximate surface area is 160 Å². The van der Waals surface area contributed by atoms with Gasteiger partial charge in [-0.3, -0.25) is 9.59 Å². The van der Waals surface area contributed by atoms with Crippen LogP contribution in [0, 0.1) is 11.6 Å². The van der Waals surface area contributed by atoms with Crippen molar-refractivity contribution >= 4 is 23.2 Å². The number of piperidine rings is 1. The Hall–Kier alpha value is -2.35. The van der Waals surface area contributed by atoms with E-state index in [2.05, 4.69) is 10.3 Å². The van der Waals surface area contributed by atoms with Crippen LogP contribution in [0.3, 0.4) is 0 Å². The van der Waals surface area contributed by atoms with Gasteiger partial charge in [-0.15, -0.1) is 11.3 Å². The number of likely N-dealkylation sites (tertiary alicyclic amines) is 1. The highest BCUT2D eigenvalue weighted by Crippen LogP contribution is 2.30. The molecule has 2 amide bonds. The Morgan fingerprint density at radius 1 is 1.30 bits per heavy atom. The van der Waals surface area contributed by atoms with E-state index in [0.29, 0.717) is 26.1 Å². The van der Waals surface area contributed by atoms with Gasteiger partial charge in [0.05, 0.1) is 10.7 Å². The molecule has 0 radical (unpaired) electrons. The van der Waals surface area contributed by atoms with Crippen LogP contribution in [0.4, 0.5) is 8.78 Å². The molecule has 1 fully saturated rings. The molecule has 1 aromatic carbocycles. The number of carbonyl (C=O) groups excluding carboxylic acids is 2. The lowest BCUT2D eigenvalue weighted by Crippen LogP contribution is -2.39. The number of nitrogens with zero attached hydrogens (tertiary/aromatic N) is 2. The number of benzene rings is 1. The molecule has 1 atom stereocenters. The minimum Gasteiger partial charge on any atom is -0.356 e. The summed E-state index contributed by atoms with van der Waals surface area (Å²) < 4.78 is 26.8. The van der Waals surface area contributed by atoms with Crippen LogP contribution < -0.4 is 5.32 Å². The SMILES string of the molecule is CC(=O)NCCc1csc([C@@H]2CCCN(C(=O)c3cc(F)cc(F)c3)C2)n1. The van der Waals surface area contributed by atoms with Gasteiger partial charge in [-0.05, 0) is 25.0 Å². The van der Waals surface area contributed by atoms with Crippen molar-refractivity contribution < 1.29 is 18.4 Å². The summed E-state index contributed by atoms with van der Waals surface area (Å²) in [6.07, 6.45) is 2.39. The standard InChI is InChI=1S/C19H21F2N3O2S/c1-12(25)22-5-4-17-11-27-18(23-17)13-3-2-6-24(10-13)19(26)14-7-15(20)9-16(21)8-14/h7-9,11,13H,2-6,10H2,1H3,(H,22,25)/t13-/m1/s1. The van der Waals surface area contributed by atoms with E-state index in [0.717, 1.165) is 41.7 Å². The van der Waals surface area contributed by atoms with Gasteiger partial charge < -0.3 is 10.2 Å². The number of aromatic nitrogens is 1. The Morgan fingerprint density at radius 3 is 2.74 bits per heavy atom. The highest BCUT2D eigenvalue weighted by molar-refractivity contribution is 7.09. The van der Waals surface area contributed by atoms with Crippen molar-refractivity contribution in [3.05, 3.63) is 51.5 Å². The van der Waals surface area contributed by atoms with Crippen molar-refractivity contribution in [2.45, 2.75) is 32.1 Å². The number of amides is 2. The summed E-state index contributed by atoms with van der Waals surface area (Å²) in [6, 6.07) is 2.89. The molecular formula is C19H21F2N3O2S. The van der Waals surface area contributed by atoms with E-state index >= 15 is 0 Å². The zero-order chi connectivity index (χ0) is 19.4. The Morgan fingerprint density at radius 2 is 2.04 bits per heavy atom. The molecule has 1 aliphatic heterocycles. The van der Waals surface area contributed by atoms with Crippen LogP contribution >= 0.6 is 11.3 Å². The third-order valence-corrected chi connectivity index (χ3v) is 5.55. The summed E-state index contributed by atoms with van der Waals surface area (Å²) in [6.45, 7) is 3.06. The summed E-state index contributed by atoms with van der Waals surface area (Å²) in [7, 11) is 0. The molecule has 0 bridgehead atoms. The smallest absolute Gasteiger partial charge is 0.254 e. The maximum atomic E-state index is 13.4. The number of hydrogen-bond acceptors (Lipinski definition) is 4. The Kier molecular flexibility index (Phi) is 6.15. The molecule has 0 spiro atoms. The summed E-state index contributed by atoms with van der Waals surface area (Å²) in [5, 5.41) is 5.67. The van der Waals surface area contributed by atoms with E-state index < -0.39 is 11.6 Å². The van der Waals surface area contributed by atoms with E-state index in [4.69, 9.17) is 0 Å². The lowest BCUT2D eigenvalue weighted by molar-refractivity contribution is -0.118. The van der Waals surface area contributed by atoms with Crippen molar-refractivity contribution in [3.8, 4) is 0 Å².